The van der Waals surface area contributed by atoms with Gasteiger partial charge in [-0.1, -0.05) is 38.1 Å². The molecule has 0 bridgehead atoms. The van der Waals surface area contributed by atoms with Gasteiger partial charge in [0.1, 0.15) is 5.01 Å². The first-order chi connectivity index (χ1) is 8.20. The van der Waals surface area contributed by atoms with Crippen molar-refractivity contribution in [2.24, 2.45) is 0 Å². The smallest absolute Gasteiger partial charge is 0.119 e. The Bertz CT molecular complexity index is 473. The highest BCUT2D eigenvalue weighted by Gasteiger charge is 2.05. The van der Waals surface area contributed by atoms with Crippen molar-refractivity contribution in [2.75, 3.05) is 7.11 Å². The number of ether oxygens (including phenoxy) is 1. The van der Waals surface area contributed by atoms with Crippen LogP contribution in [0.25, 0.3) is 11.3 Å². The van der Waals surface area contributed by atoms with Crippen molar-refractivity contribution in [1.29, 1.82) is 0 Å². The molecule has 0 aliphatic heterocycles. The van der Waals surface area contributed by atoms with Crippen LogP contribution in [0.1, 0.15) is 30.3 Å². The number of nitrogens with zero attached hydrogens (tertiary/aromatic N) is 1. The van der Waals surface area contributed by atoms with E-state index in [0.717, 1.165) is 10.7 Å². The van der Waals surface area contributed by atoms with Crippen LogP contribution in [0.2, 0.25) is 0 Å². The van der Waals surface area contributed by atoms with E-state index in [1.54, 1.807) is 18.4 Å². The summed E-state index contributed by atoms with van der Waals surface area (Å²) in [7, 11) is 1.69. The Morgan fingerprint density at radius 2 is 1.94 bits per heavy atom. The fourth-order valence-electron chi connectivity index (χ4n) is 1.67. The average Bonchev–Trinajstić information content (AvgIpc) is 2.78. The summed E-state index contributed by atoms with van der Waals surface area (Å²) < 4.78 is 5.08. The molecular weight excluding hydrogens is 230 g/mol. The molecule has 0 fully saturated rings. The predicted octanol–water partition coefficient (Wildman–Crippen LogP) is 4.08. The van der Waals surface area contributed by atoms with Gasteiger partial charge >= 0.3 is 0 Å². The van der Waals surface area contributed by atoms with Gasteiger partial charge in [0.15, 0.2) is 0 Å². The summed E-state index contributed by atoms with van der Waals surface area (Å²) in [6.07, 6.45) is 0. The zero-order valence-electron chi connectivity index (χ0n) is 10.4. The summed E-state index contributed by atoms with van der Waals surface area (Å²) in [6.45, 7) is 5.00. The normalized spacial score (nSPS) is 11.1. The Morgan fingerprint density at radius 1 is 1.24 bits per heavy atom. The second-order valence-electron chi connectivity index (χ2n) is 4.34. The van der Waals surface area contributed by atoms with Crippen LogP contribution in [-0.2, 0) is 11.3 Å². The van der Waals surface area contributed by atoms with E-state index >= 15 is 0 Å². The number of methoxy groups -OCH3 is 1. The number of hydrogen-bond acceptors (Lipinski definition) is 3. The van der Waals surface area contributed by atoms with Gasteiger partial charge in [-0.2, -0.15) is 0 Å². The molecule has 1 heterocycles. The van der Waals surface area contributed by atoms with E-state index in [1.165, 1.54) is 11.1 Å². The van der Waals surface area contributed by atoms with E-state index in [9.17, 15) is 0 Å². The summed E-state index contributed by atoms with van der Waals surface area (Å²) in [5, 5.41) is 3.11. The molecule has 0 radical (unpaired) electrons. The fraction of sp³-hybridized carbons (Fsp3) is 0.357. The van der Waals surface area contributed by atoms with Gasteiger partial charge < -0.3 is 4.74 Å². The average molecular weight is 247 g/mol. The molecule has 1 aromatic carbocycles. The maximum atomic E-state index is 5.08. The van der Waals surface area contributed by atoms with E-state index in [4.69, 9.17) is 4.74 Å². The number of thiazole rings is 1. The molecule has 0 amide bonds. The molecule has 0 spiro atoms. The minimum Gasteiger partial charge on any atom is -0.378 e. The second kappa shape index (κ2) is 5.43. The van der Waals surface area contributed by atoms with Crippen LogP contribution >= 0.6 is 11.3 Å². The van der Waals surface area contributed by atoms with Gasteiger partial charge in [0, 0.05) is 18.1 Å². The number of rotatable bonds is 4. The summed E-state index contributed by atoms with van der Waals surface area (Å²) in [6, 6.07) is 8.63. The van der Waals surface area contributed by atoms with Crippen LogP contribution in [0, 0.1) is 0 Å². The molecule has 1 aromatic heterocycles. The van der Waals surface area contributed by atoms with Gasteiger partial charge in [-0.05, 0) is 11.5 Å². The van der Waals surface area contributed by atoms with Crippen LogP contribution in [-0.4, -0.2) is 12.1 Å². The van der Waals surface area contributed by atoms with E-state index in [2.05, 4.69) is 48.5 Å². The first-order valence-electron chi connectivity index (χ1n) is 5.74. The van der Waals surface area contributed by atoms with Gasteiger partial charge in [-0.3, -0.25) is 0 Å². The van der Waals surface area contributed by atoms with E-state index < -0.39 is 0 Å². The topological polar surface area (TPSA) is 22.1 Å². The molecular formula is C14H17NOS. The molecule has 0 saturated carbocycles. The van der Waals surface area contributed by atoms with Crippen LogP contribution < -0.4 is 0 Å². The zero-order chi connectivity index (χ0) is 12.3. The van der Waals surface area contributed by atoms with Crippen LogP contribution in [0.5, 0.6) is 0 Å². The molecule has 0 saturated heterocycles. The molecule has 0 atom stereocenters. The van der Waals surface area contributed by atoms with E-state index in [0.29, 0.717) is 12.5 Å². The molecule has 2 rings (SSSR count). The van der Waals surface area contributed by atoms with Crippen molar-refractivity contribution >= 4 is 11.3 Å². The van der Waals surface area contributed by atoms with Crippen molar-refractivity contribution in [3.63, 3.8) is 0 Å². The molecule has 0 unspecified atom stereocenters. The molecule has 3 heteroatoms. The van der Waals surface area contributed by atoms with Crippen LogP contribution in [0.15, 0.2) is 29.6 Å². The molecule has 0 N–H and O–H groups in total. The predicted molar refractivity (Wildman–Crippen MR) is 72.4 cm³/mol. The van der Waals surface area contributed by atoms with Gasteiger partial charge in [-0.25, -0.2) is 4.98 Å². The zero-order valence-corrected chi connectivity index (χ0v) is 11.3. The minimum absolute atomic E-state index is 0.573. The first-order valence-corrected chi connectivity index (χ1v) is 6.62. The monoisotopic (exact) mass is 247 g/mol. The number of benzene rings is 1. The van der Waals surface area contributed by atoms with E-state index in [-0.39, 0.29) is 0 Å². The largest absolute Gasteiger partial charge is 0.378 e. The third-order valence-electron chi connectivity index (χ3n) is 2.69. The molecule has 90 valence electrons. The third-order valence-corrected chi connectivity index (χ3v) is 3.52. The Morgan fingerprint density at radius 3 is 2.53 bits per heavy atom. The first kappa shape index (κ1) is 12.3. The minimum atomic E-state index is 0.573. The second-order valence-corrected chi connectivity index (χ2v) is 5.28. The van der Waals surface area contributed by atoms with Crippen LogP contribution in [0.3, 0.4) is 0 Å². The van der Waals surface area contributed by atoms with Crippen LogP contribution in [0.4, 0.5) is 0 Å². The van der Waals surface area contributed by atoms with Gasteiger partial charge in [0.05, 0.1) is 12.3 Å². The summed E-state index contributed by atoms with van der Waals surface area (Å²) in [4.78, 5) is 4.54. The van der Waals surface area contributed by atoms with E-state index in [1.807, 2.05) is 0 Å². The lowest BCUT2D eigenvalue weighted by molar-refractivity contribution is 0.184. The summed E-state index contributed by atoms with van der Waals surface area (Å²) in [5.41, 5.74) is 3.58. The van der Waals surface area contributed by atoms with Crippen molar-refractivity contribution in [1.82, 2.24) is 4.98 Å². The lowest BCUT2D eigenvalue weighted by Gasteiger charge is -2.05. The Labute approximate surface area is 106 Å². The number of hydrogen-bond donors (Lipinski definition) is 0. The Balaban J connectivity index is 2.21. The highest BCUT2D eigenvalue weighted by molar-refractivity contribution is 7.09. The highest BCUT2D eigenvalue weighted by atomic mass is 32.1. The van der Waals surface area contributed by atoms with Gasteiger partial charge in [0.2, 0.25) is 0 Å². The van der Waals surface area contributed by atoms with Crippen molar-refractivity contribution in [3.05, 3.63) is 40.2 Å². The highest BCUT2D eigenvalue weighted by Crippen LogP contribution is 2.24. The lowest BCUT2D eigenvalue weighted by atomic mass is 10.0. The molecule has 17 heavy (non-hydrogen) atoms. The van der Waals surface area contributed by atoms with Crippen molar-refractivity contribution < 1.29 is 4.74 Å². The lowest BCUT2D eigenvalue weighted by Crippen LogP contribution is -1.88. The standard InChI is InChI=1S/C14H17NOS/c1-10(2)11-4-6-12(7-5-11)13-9-17-14(15-13)8-16-3/h4-7,9-10H,8H2,1-3H3. The molecule has 2 aromatic rings. The van der Waals surface area contributed by atoms with Crippen molar-refractivity contribution in [3.8, 4) is 11.3 Å². The molecule has 2 nitrogen and oxygen atoms in total. The molecule has 0 aliphatic rings. The van der Waals surface area contributed by atoms with Gasteiger partial charge in [-0.15, -0.1) is 11.3 Å². The summed E-state index contributed by atoms with van der Waals surface area (Å²) in [5.74, 6) is 0.573. The summed E-state index contributed by atoms with van der Waals surface area (Å²) >= 11 is 1.64. The third kappa shape index (κ3) is 2.93. The number of aromatic nitrogens is 1. The SMILES string of the molecule is COCc1nc(-c2ccc(C(C)C)cc2)cs1. The maximum Gasteiger partial charge on any atom is 0.119 e. The Kier molecular flexibility index (Phi) is 3.92. The Hall–Kier alpha value is -1.19. The fourth-order valence-corrected chi connectivity index (χ4v) is 2.45. The molecule has 0 aliphatic carbocycles. The maximum absolute atomic E-state index is 5.08. The van der Waals surface area contributed by atoms with Gasteiger partial charge in [0.25, 0.3) is 0 Å². The van der Waals surface area contributed by atoms with Crippen molar-refractivity contribution in [2.45, 2.75) is 26.4 Å². The quantitative estimate of drug-likeness (QED) is 0.812.